The third kappa shape index (κ3) is 4.39. The number of amides is 1. The molecule has 0 saturated carbocycles. The van der Waals surface area contributed by atoms with Crippen molar-refractivity contribution in [2.75, 3.05) is 20.2 Å². The number of rotatable bonds is 5. The number of ether oxygens (including phenoxy) is 1. The second kappa shape index (κ2) is 8.16. The van der Waals surface area contributed by atoms with Crippen molar-refractivity contribution in [2.45, 2.75) is 32.4 Å². The topological polar surface area (TPSA) is 70.2 Å². The van der Waals surface area contributed by atoms with Crippen LogP contribution in [0.4, 0.5) is 4.79 Å². The van der Waals surface area contributed by atoms with Crippen LogP contribution in [0.15, 0.2) is 36.5 Å². The highest BCUT2D eigenvalue weighted by Gasteiger charge is 2.26. The number of nitrogens with one attached hydrogen (secondary N) is 2. The maximum absolute atomic E-state index is 11.5. The third-order valence-electron chi connectivity index (χ3n) is 4.98. The Balaban J connectivity index is 1.48. The number of hydrogen-bond acceptors (Lipinski definition) is 4. The molecule has 1 aromatic heterocycles. The Kier molecular flexibility index (Phi) is 5.71. The fourth-order valence-electron chi connectivity index (χ4n) is 3.35. The lowest BCUT2D eigenvalue weighted by Crippen LogP contribution is -2.44. The van der Waals surface area contributed by atoms with E-state index in [0.717, 1.165) is 43.0 Å². The SMILES string of the molecule is COC(=O)N1CCC([C@H](C)NCc2ncc(-c3ccccc3)[nH]2)CC1. The van der Waals surface area contributed by atoms with Crippen molar-refractivity contribution in [1.29, 1.82) is 0 Å². The molecule has 3 rings (SSSR count). The summed E-state index contributed by atoms with van der Waals surface area (Å²) in [6.07, 6.45) is 3.65. The van der Waals surface area contributed by atoms with E-state index < -0.39 is 0 Å². The summed E-state index contributed by atoms with van der Waals surface area (Å²) in [5.41, 5.74) is 2.18. The molecule has 2 heterocycles. The molecule has 1 saturated heterocycles. The number of benzene rings is 1. The van der Waals surface area contributed by atoms with Crippen LogP contribution in [0.25, 0.3) is 11.3 Å². The van der Waals surface area contributed by atoms with E-state index in [1.807, 2.05) is 24.4 Å². The zero-order chi connectivity index (χ0) is 17.6. The van der Waals surface area contributed by atoms with Crippen molar-refractivity contribution in [1.82, 2.24) is 20.2 Å². The van der Waals surface area contributed by atoms with Gasteiger partial charge >= 0.3 is 6.09 Å². The molecule has 2 aromatic rings. The van der Waals surface area contributed by atoms with Gasteiger partial charge in [-0.05, 0) is 31.2 Å². The first-order valence-electron chi connectivity index (χ1n) is 8.83. The van der Waals surface area contributed by atoms with Gasteiger partial charge in [-0.15, -0.1) is 0 Å². The van der Waals surface area contributed by atoms with E-state index in [1.54, 1.807) is 4.90 Å². The van der Waals surface area contributed by atoms with E-state index in [-0.39, 0.29) is 6.09 Å². The lowest BCUT2D eigenvalue weighted by Gasteiger charge is -2.34. The molecule has 1 aliphatic heterocycles. The minimum absolute atomic E-state index is 0.219. The molecular weight excluding hydrogens is 316 g/mol. The van der Waals surface area contributed by atoms with E-state index >= 15 is 0 Å². The van der Waals surface area contributed by atoms with Crippen molar-refractivity contribution in [3.8, 4) is 11.3 Å². The monoisotopic (exact) mass is 342 g/mol. The number of hydrogen-bond donors (Lipinski definition) is 2. The molecule has 1 amide bonds. The molecule has 134 valence electrons. The second-order valence-corrected chi connectivity index (χ2v) is 6.57. The largest absolute Gasteiger partial charge is 0.453 e. The van der Waals surface area contributed by atoms with E-state index in [4.69, 9.17) is 4.74 Å². The molecule has 0 spiro atoms. The van der Waals surface area contributed by atoms with E-state index in [2.05, 4.69) is 34.3 Å². The minimum atomic E-state index is -0.219. The number of methoxy groups -OCH3 is 1. The number of imidazole rings is 1. The van der Waals surface area contributed by atoms with Gasteiger partial charge in [0, 0.05) is 19.1 Å². The lowest BCUT2D eigenvalue weighted by molar-refractivity contribution is 0.101. The first-order chi connectivity index (χ1) is 12.2. The highest BCUT2D eigenvalue weighted by Crippen LogP contribution is 2.21. The summed E-state index contributed by atoms with van der Waals surface area (Å²) in [4.78, 5) is 21.2. The second-order valence-electron chi connectivity index (χ2n) is 6.57. The van der Waals surface area contributed by atoms with Crippen LogP contribution in [0, 0.1) is 5.92 Å². The van der Waals surface area contributed by atoms with Gasteiger partial charge in [0.15, 0.2) is 0 Å². The molecule has 1 aromatic carbocycles. The molecule has 1 atom stereocenters. The van der Waals surface area contributed by atoms with E-state index in [1.165, 1.54) is 7.11 Å². The van der Waals surface area contributed by atoms with Crippen LogP contribution < -0.4 is 5.32 Å². The summed E-state index contributed by atoms with van der Waals surface area (Å²) >= 11 is 0. The Morgan fingerprint density at radius 3 is 2.76 bits per heavy atom. The Morgan fingerprint density at radius 2 is 2.08 bits per heavy atom. The summed E-state index contributed by atoms with van der Waals surface area (Å²) in [6.45, 7) is 4.45. The molecule has 2 N–H and O–H groups in total. The maximum atomic E-state index is 11.5. The van der Waals surface area contributed by atoms with Gasteiger partial charge in [-0.3, -0.25) is 0 Å². The van der Waals surface area contributed by atoms with Gasteiger partial charge in [0.05, 0.1) is 25.5 Å². The fourth-order valence-corrected chi connectivity index (χ4v) is 3.35. The van der Waals surface area contributed by atoms with Crippen LogP contribution in [0.3, 0.4) is 0 Å². The molecule has 0 aliphatic carbocycles. The van der Waals surface area contributed by atoms with Crippen LogP contribution in [0.2, 0.25) is 0 Å². The van der Waals surface area contributed by atoms with Crippen molar-refractivity contribution in [3.05, 3.63) is 42.4 Å². The number of carbonyl (C=O) groups excluding carboxylic acids is 1. The highest BCUT2D eigenvalue weighted by molar-refractivity contribution is 5.67. The van der Waals surface area contributed by atoms with Crippen LogP contribution in [-0.4, -0.2) is 47.2 Å². The van der Waals surface area contributed by atoms with Crippen LogP contribution in [0.1, 0.15) is 25.6 Å². The minimum Gasteiger partial charge on any atom is -0.453 e. The predicted octanol–water partition coefficient (Wildman–Crippen LogP) is 3.03. The number of H-pyrrole nitrogens is 1. The van der Waals surface area contributed by atoms with Gasteiger partial charge in [-0.25, -0.2) is 9.78 Å². The van der Waals surface area contributed by atoms with Crippen molar-refractivity contribution in [3.63, 3.8) is 0 Å². The van der Waals surface area contributed by atoms with Gasteiger partial charge in [-0.1, -0.05) is 30.3 Å². The molecule has 1 aliphatic rings. The molecule has 1 fully saturated rings. The predicted molar refractivity (Wildman–Crippen MR) is 97.0 cm³/mol. The molecule has 0 radical (unpaired) electrons. The number of piperidine rings is 1. The van der Waals surface area contributed by atoms with Gasteiger partial charge < -0.3 is 19.9 Å². The number of likely N-dealkylation sites (tertiary alicyclic amines) is 1. The van der Waals surface area contributed by atoms with Gasteiger partial charge in [0.25, 0.3) is 0 Å². The summed E-state index contributed by atoms with van der Waals surface area (Å²) < 4.78 is 4.79. The van der Waals surface area contributed by atoms with Crippen molar-refractivity contribution < 1.29 is 9.53 Å². The highest BCUT2D eigenvalue weighted by atomic mass is 16.5. The first-order valence-corrected chi connectivity index (χ1v) is 8.83. The number of nitrogens with zero attached hydrogens (tertiary/aromatic N) is 2. The quantitative estimate of drug-likeness (QED) is 0.876. The molecule has 6 heteroatoms. The molecule has 0 unspecified atom stereocenters. The third-order valence-corrected chi connectivity index (χ3v) is 4.98. The zero-order valence-electron chi connectivity index (χ0n) is 14.9. The lowest BCUT2D eigenvalue weighted by atomic mass is 9.90. The van der Waals surface area contributed by atoms with Crippen LogP contribution in [0.5, 0.6) is 0 Å². The fraction of sp³-hybridized carbons (Fsp3) is 0.474. The Morgan fingerprint density at radius 1 is 1.36 bits per heavy atom. The van der Waals surface area contributed by atoms with Crippen LogP contribution >= 0.6 is 0 Å². The number of carbonyl (C=O) groups is 1. The van der Waals surface area contributed by atoms with Crippen molar-refractivity contribution in [2.24, 2.45) is 5.92 Å². The Hall–Kier alpha value is -2.34. The molecule has 25 heavy (non-hydrogen) atoms. The average Bonchev–Trinajstić information content (AvgIpc) is 3.15. The Labute approximate surface area is 148 Å². The van der Waals surface area contributed by atoms with E-state index in [9.17, 15) is 4.79 Å². The number of aromatic amines is 1. The first kappa shape index (κ1) is 17.5. The summed E-state index contributed by atoms with van der Waals surface area (Å²) in [5.74, 6) is 1.50. The molecular formula is C19H26N4O2. The summed E-state index contributed by atoms with van der Waals surface area (Å²) in [7, 11) is 1.44. The number of aromatic nitrogens is 2. The smallest absolute Gasteiger partial charge is 0.409 e. The molecule has 6 nitrogen and oxygen atoms in total. The van der Waals surface area contributed by atoms with Gasteiger partial charge in [0.2, 0.25) is 0 Å². The van der Waals surface area contributed by atoms with E-state index in [0.29, 0.717) is 18.5 Å². The van der Waals surface area contributed by atoms with Crippen molar-refractivity contribution >= 4 is 6.09 Å². The maximum Gasteiger partial charge on any atom is 0.409 e. The summed E-state index contributed by atoms with van der Waals surface area (Å²) in [6, 6.07) is 10.6. The van der Waals surface area contributed by atoms with Gasteiger partial charge in [0.1, 0.15) is 5.82 Å². The Bertz CT molecular complexity index is 678. The standard InChI is InChI=1S/C19H26N4O2/c1-14(15-8-10-23(11-9-15)19(24)25-2)20-13-18-21-12-17(22-18)16-6-4-3-5-7-16/h3-7,12,14-15,20H,8-11,13H2,1-2H3,(H,21,22)/t14-/m0/s1. The normalized spacial score (nSPS) is 16.6. The van der Waals surface area contributed by atoms with Gasteiger partial charge in [-0.2, -0.15) is 0 Å². The average molecular weight is 342 g/mol. The zero-order valence-corrected chi connectivity index (χ0v) is 14.9. The van der Waals surface area contributed by atoms with Crippen LogP contribution in [-0.2, 0) is 11.3 Å². The molecule has 0 bridgehead atoms. The summed E-state index contributed by atoms with van der Waals surface area (Å²) in [5, 5.41) is 3.56.